The van der Waals surface area contributed by atoms with Crippen molar-refractivity contribution in [3.05, 3.63) is 59.2 Å². The van der Waals surface area contributed by atoms with Crippen molar-refractivity contribution in [2.75, 3.05) is 39.8 Å². The quantitative estimate of drug-likeness (QED) is 0.728. The van der Waals surface area contributed by atoms with Crippen LogP contribution in [0.5, 0.6) is 5.75 Å². The van der Waals surface area contributed by atoms with E-state index in [1.54, 1.807) is 48.2 Å². The second kappa shape index (κ2) is 9.49. The summed E-state index contributed by atoms with van der Waals surface area (Å²) in [5.74, 6) is -0.230. The fourth-order valence-electron chi connectivity index (χ4n) is 3.50. The minimum Gasteiger partial charge on any atom is -0.496 e. The van der Waals surface area contributed by atoms with Crippen LogP contribution < -0.4 is 10.1 Å². The van der Waals surface area contributed by atoms with Gasteiger partial charge in [0.25, 0.3) is 5.91 Å². The van der Waals surface area contributed by atoms with Gasteiger partial charge in [0.05, 0.1) is 24.1 Å². The molecule has 1 saturated heterocycles. The average molecular weight is 446 g/mol. The van der Waals surface area contributed by atoms with Crippen molar-refractivity contribution in [3.63, 3.8) is 0 Å². The number of rotatable bonds is 6. The maximum Gasteiger partial charge on any atom is 0.255 e. The van der Waals surface area contributed by atoms with Crippen LogP contribution in [0.25, 0.3) is 0 Å². The summed E-state index contributed by atoms with van der Waals surface area (Å²) < 4.78 is 32.6. The number of benzene rings is 2. The van der Waals surface area contributed by atoms with Crippen LogP contribution in [-0.4, -0.2) is 69.3 Å². The van der Waals surface area contributed by atoms with E-state index in [0.717, 1.165) is 5.56 Å². The third-order valence-corrected chi connectivity index (χ3v) is 7.35. The van der Waals surface area contributed by atoms with Crippen LogP contribution in [0.15, 0.2) is 47.4 Å². The summed E-state index contributed by atoms with van der Waals surface area (Å²) in [7, 11) is -2.15. The SMILES string of the molecule is COc1ccccc1C(=O)NCC(=O)N1CCN(S(=O)(=O)c2cc(C)ccc2C)CC1. The van der Waals surface area contributed by atoms with Crippen molar-refractivity contribution < 1.29 is 22.7 Å². The van der Waals surface area contributed by atoms with Gasteiger partial charge in [0.1, 0.15) is 5.75 Å². The number of carbonyl (C=O) groups excluding carboxylic acids is 2. The highest BCUT2D eigenvalue weighted by Gasteiger charge is 2.31. The lowest BCUT2D eigenvalue weighted by Crippen LogP contribution is -2.52. The largest absolute Gasteiger partial charge is 0.496 e. The molecule has 9 heteroatoms. The Bertz CT molecular complexity index is 1080. The summed E-state index contributed by atoms with van der Waals surface area (Å²) in [4.78, 5) is 26.8. The number of methoxy groups -OCH3 is 1. The summed E-state index contributed by atoms with van der Waals surface area (Å²) >= 11 is 0. The number of carbonyl (C=O) groups is 2. The number of ether oxygens (including phenoxy) is 1. The normalized spacial score (nSPS) is 14.9. The maximum absolute atomic E-state index is 13.0. The van der Waals surface area contributed by atoms with Gasteiger partial charge in [-0.1, -0.05) is 24.3 Å². The van der Waals surface area contributed by atoms with Crippen molar-refractivity contribution in [1.82, 2.24) is 14.5 Å². The smallest absolute Gasteiger partial charge is 0.255 e. The van der Waals surface area contributed by atoms with Crippen molar-refractivity contribution >= 4 is 21.8 Å². The third-order valence-electron chi connectivity index (χ3n) is 5.30. The Morgan fingerprint density at radius 2 is 1.71 bits per heavy atom. The molecule has 0 atom stereocenters. The topological polar surface area (TPSA) is 96.0 Å². The second-order valence-electron chi connectivity index (χ2n) is 7.44. The third kappa shape index (κ3) is 5.05. The highest BCUT2D eigenvalue weighted by molar-refractivity contribution is 7.89. The molecule has 8 nitrogen and oxygen atoms in total. The minimum atomic E-state index is -3.62. The van der Waals surface area contributed by atoms with E-state index >= 15 is 0 Å². The first-order chi connectivity index (χ1) is 14.7. The zero-order valence-electron chi connectivity index (χ0n) is 17.9. The van der Waals surface area contributed by atoms with Gasteiger partial charge in [-0.25, -0.2) is 8.42 Å². The molecule has 0 aliphatic carbocycles. The number of sulfonamides is 1. The number of aryl methyl sites for hydroxylation is 2. The molecule has 166 valence electrons. The van der Waals surface area contributed by atoms with Crippen LogP contribution in [0.2, 0.25) is 0 Å². The second-order valence-corrected chi connectivity index (χ2v) is 9.34. The van der Waals surface area contributed by atoms with Gasteiger partial charge in [0.15, 0.2) is 0 Å². The Morgan fingerprint density at radius 3 is 2.39 bits per heavy atom. The molecule has 2 amide bonds. The fraction of sp³-hybridized carbons (Fsp3) is 0.364. The van der Waals surface area contributed by atoms with E-state index in [1.807, 2.05) is 13.0 Å². The molecule has 31 heavy (non-hydrogen) atoms. The number of para-hydroxylation sites is 1. The maximum atomic E-state index is 13.0. The first kappa shape index (κ1) is 22.8. The monoisotopic (exact) mass is 445 g/mol. The number of nitrogens with zero attached hydrogens (tertiary/aromatic N) is 2. The number of hydrogen-bond donors (Lipinski definition) is 1. The van der Waals surface area contributed by atoms with Crippen LogP contribution >= 0.6 is 0 Å². The Kier molecular flexibility index (Phi) is 6.97. The molecule has 0 radical (unpaired) electrons. The molecule has 2 aromatic rings. The van der Waals surface area contributed by atoms with Gasteiger partial charge in [0.2, 0.25) is 15.9 Å². The molecule has 0 spiro atoms. The summed E-state index contributed by atoms with van der Waals surface area (Å²) in [5, 5.41) is 2.61. The Balaban J connectivity index is 1.57. The van der Waals surface area contributed by atoms with Crippen molar-refractivity contribution in [2.24, 2.45) is 0 Å². The van der Waals surface area contributed by atoms with E-state index in [-0.39, 0.29) is 38.6 Å². The van der Waals surface area contributed by atoms with Crippen LogP contribution in [0, 0.1) is 13.8 Å². The molecule has 2 aromatic carbocycles. The fourth-order valence-corrected chi connectivity index (χ4v) is 5.23. The van der Waals surface area contributed by atoms with Gasteiger partial charge in [-0.3, -0.25) is 9.59 Å². The Morgan fingerprint density at radius 1 is 1.03 bits per heavy atom. The number of piperazine rings is 1. The molecular weight excluding hydrogens is 418 g/mol. The molecule has 0 aromatic heterocycles. The molecule has 0 bridgehead atoms. The molecule has 1 fully saturated rings. The molecule has 1 heterocycles. The van der Waals surface area contributed by atoms with Gasteiger partial charge < -0.3 is 15.0 Å². The van der Waals surface area contributed by atoms with E-state index in [4.69, 9.17) is 4.74 Å². The van der Waals surface area contributed by atoms with E-state index in [9.17, 15) is 18.0 Å². The van der Waals surface area contributed by atoms with Crippen molar-refractivity contribution in [1.29, 1.82) is 0 Å². The summed E-state index contributed by atoms with van der Waals surface area (Å²) in [6.07, 6.45) is 0. The van der Waals surface area contributed by atoms with Crippen LogP contribution in [-0.2, 0) is 14.8 Å². The minimum absolute atomic E-state index is 0.166. The highest BCUT2D eigenvalue weighted by Crippen LogP contribution is 2.22. The van der Waals surface area contributed by atoms with Crippen molar-refractivity contribution in [3.8, 4) is 5.75 Å². The van der Waals surface area contributed by atoms with E-state index in [1.165, 1.54) is 11.4 Å². The van der Waals surface area contributed by atoms with E-state index in [2.05, 4.69) is 5.32 Å². The first-order valence-corrected chi connectivity index (χ1v) is 11.4. The summed E-state index contributed by atoms with van der Waals surface area (Å²) in [6, 6.07) is 12.1. The number of amides is 2. The predicted molar refractivity (Wildman–Crippen MR) is 117 cm³/mol. The Labute approximate surface area is 182 Å². The lowest BCUT2D eigenvalue weighted by molar-refractivity contribution is -0.131. The van der Waals surface area contributed by atoms with Gasteiger partial charge in [-0.15, -0.1) is 0 Å². The van der Waals surface area contributed by atoms with Gasteiger partial charge >= 0.3 is 0 Å². The average Bonchev–Trinajstić information content (AvgIpc) is 2.78. The van der Waals surface area contributed by atoms with Crippen LogP contribution in [0.4, 0.5) is 0 Å². The molecule has 1 aliphatic rings. The number of hydrogen-bond acceptors (Lipinski definition) is 5. The van der Waals surface area contributed by atoms with Crippen LogP contribution in [0.1, 0.15) is 21.5 Å². The van der Waals surface area contributed by atoms with E-state index in [0.29, 0.717) is 21.8 Å². The molecule has 3 rings (SSSR count). The van der Waals surface area contributed by atoms with E-state index < -0.39 is 15.9 Å². The molecule has 0 saturated carbocycles. The molecular formula is C22H27N3O5S. The Hall–Kier alpha value is -2.91. The zero-order chi connectivity index (χ0) is 22.6. The summed E-state index contributed by atoms with van der Waals surface area (Å²) in [5.41, 5.74) is 1.93. The van der Waals surface area contributed by atoms with Crippen LogP contribution in [0.3, 0.4) is 0 Å². The lowest BCUT2D eigenvalue weighted by Gasteiger charge is -2.34. The van der Waals surface area contributed by atoms with Gasteiger partial charge in [-0.05, 0) is 43.2 Å². The highest BCUT2D eigenvalue weighted by atomic mass is 32.2. The number of nitrogens with one attached hydrogen (secondary N) is 1. The zero-order valence-corrected chi connectivity index (χ0v) is 18.7. The molecule has 0 unspecified atom stereocenters. The van der Waals surface area contributed by atoms with Gasteiger partial charge in [-0.2, -0.15) is 4.31 Å². The van der Waals surface area contributed by atoms with Gasteiger partial charge in [0, 0.05) is 26.2 Å². The molecule has 1 aliphatic heterocycles. The lowest BCUT2D eigenvalue weighted by atomic mass is 10.2. The first-order valence-electron chi connectivity index (χ1n) is 10.0. The predicted octanol–water partition coefficient (Wildman–Crippen LogP) is 1.57. The standard InChI is InChI=1S/C22H27N3O5S/c1-16-8-9-17(2)20(14-16)31(28,29)25-12-10-24(11-13-25)21(26)15-23-22(27)18-6-4-5-7-19(18)30-3/h4-9,14H,10-13,15H2,1-3H3,(H,23,27). The van der Waals surface area contributed by atoms with Crippen molar-refractivity contribution in [2.45, 2.75) is 18.7 Å². The molecule has 1 N–H and O–H groups in total. The summed E-state index contributed by atoms with van der Waals surface area (Å²) in [6.45, 7) is 4.43.